The molecule has 0 N–H and O–H groups in total. The predicted molar refractivity (Wildman–Crippen MR) is 169 cm³/mol. The summed E-state index contributed by atoms with van der Waals surface area (Å²) in [5.41, 5.74) is 8.50. The summed E-state index contributed by atoms with van der Waals surface area (Å²) in [6.45, 7) is 0. The Hall–Kier alpha value is -5.17. The lowest BCUT2D eigenvalue weighted by atomic mass is 9.96. The quantitative estimate of drug-likeness (QED) is 0.225. The van der Waals surface area contributed by atoms with Crippen LogP contribution in [0.5, 0.6) is 0 Å². The summed E-state index contributed by atoms with van der Waals surface area (Å²) >= 11 is 1.86. The first-order chi connectivity index (χ1) is 19.8. The lowest BCUT2D eigenvalue weighted by Gasteiger charge is -2.15. The fourth-order valence-electron chi connectivity index (χ4n) is 6.02. The summed E-state index contributed by atoms with van der Waals surface area (Å²) in [6, 6.07) is 49.4. The van der Waals surface area contributed by atoms with Gasteiger partial charge in [0.2, 0.25) is 0 Å². The fourth-order valence-corrected chi connectivity index (χ4v) is 7.28. The molecule has 0 saturated heterocycles. The van der Waals surface area contributed by atoms with Gasteiger partial charge in [0.25, 0.3) is 0 Å². The number of benzene rings is 6. The summed E-state index contributed by atoms with van der Waals surface area (Å²) in [4.78, 5) is 0. The number of rotatable bonds is 3. The van der Waals surface area contributed by atoms with Crippen molar-refractivity contribution in [3.8, 4) is 34.0 Å². The molecule has 0 aliphatic heterocycles. The van der Waals surface area contributed by atoms with E-state index in [-0.39, 0.29) is 0 Å². The first-order valence-electron chi connectivity index (χ1n) is 13.3. The van der Waals surface area contributed by atoms with Crippen LogP contribution < -0.4 is 0 Å². The molecule has 0 atom stereocenters. The van der Waals surface area contributed by atoms with E-state index in [1.165, 1.54) is 42.0 Å². The maximum atomic E-state index is 9.84. The van der Waals surface area contributed by atoms with Crippen LogP contribution in [0.4, 0.5) is 0 Å². The SMILES string of the molecule is N#Cc1ccc(-n2c3ccccc3c3c4sc5ccccc5c4ccc32)c(-c2cccc(-c3ccccc3)c2)c1. The highest BCUT2D eigenvalue weighted by atomic mass is 32.1. The zero-order valence-corrected chi connectivity index (χ0v) is 22.3. The summed E-state index contributed by atoms with van der Waals surface area (Å²) < 4.78 is 4.99. The third-order valence-electron chi connectivity index (χ3n) is 7.83. The van der Waals surface area contributed by atoms with Crippen LogP contribution in [0.25, 0.3) is 69.9 Å². The monoisotopic (exact) mass is 526 g/mol. The number of hydrogen-bond donors (Lipinski definition) is 0. The number of hydrogen-bond acceptors (Lipinski definition) is 2. The molecule has 8 aromatic rings. The Labute approximate surface area is 235 Å². The Morgan fingerprint density at radius 3 is 2.17 bits per heavy atom. The molecular formula is C37H22N2S. The van der Waals surface area contributed by atoms with Crippen LogP contribution in [0.1, 0.15) is 5.56 Å². The van der Waals surface area contributed by atoms with Gasteiger partial charge in [-0.3, -0.25) is 0 Å². The van der Waals surface area contributed by atoms with E-state index in [0.717, 1.165) is 27.9 Å². The van der Waals surface area contributed by atoms with Crippen LogP contribution in [0, 0.1) is 11.3 Å². The fraction of sp³-hybridized carbons (Fsp3) is 0. The predicted octanol–water partition coefficient (Wildman–Crippen LogP) is 10.4. The van der Waals surface area contributed by atoms with E-state index in [1.807, 2.05) is 29.5 Å². The topological polar surface area (TPSA) is 28.7 Å². The summed E-state index contributed by atoms with van der Waals surface area (Å²) in [5, 5.41) is 15.0. The second-order valence-corrected chi connectivity index (χ2v) is 11.1. The highest BCUT2D eigenvalue weighted by molar-refractivity contribution is 7.26. The molecule has 2 heterocycles. The van der Waals surface area contributed by atoms with Gasteiger partial charge < -0.3 is 4.57 Å². The van der Waals surface area contributed by atoms with Crippen molar-refractivity contribution in [1.29, 1.82) is 5.26 Å². The van der Waals surface area contributed by atoms with Crippen LogP contribution in [0.15, 0.2) is 133 Å². The number of fused-ring (bicyclic) bond motifs is 7. The number of nitriles is 1. The van der Waals surface area contributed by atoms with Gasteiger partial charge in [-0.15, -0.1) is 11.3 Å². The number of aromatic nitrogens is 1. The van der Waals surface area contributed by atoms with E-state index in [1.54, 1.807) is 0 Å². The maximum Gasteiger partial charge on any atom is 0.0991 e. The average molecular weight is 527 g/mol. The summed E-state index contributed by atoms with van der Waals surface area (Å²) in [6.07, 6.45) is 0. The van der Waals surface area contributed by atoms with Gasteiger partial charge in [0.15, 0.2) is 0 Å². The minimum atomic E-state index is 0.650. The van der Waals surface area contributed by atoms with Crippen molar-refractivity contribution < 1.29 is 0 Å². The molecule has 0 amide bonds. The first kappa shape index (κ1) is 22.8. The molecule has 0 spiro atoms. The Balaban J connectivity index is 1.45. The molecular weight excluding hydrogens is 504 g/mol. The Morgan fingerprint density at radius 1 is 0.550 bits per heavy atom. The molecule has 6 aromatic carbocycles. The van der Waals surface area contributed by atoms with Crippen molar-refractivity contribution in [1.82, 2.24) is 4.57 Å². The zero-order chi connectivity index (χ0) is 26.6. The van der Waals surface area contributed by atoms with E-state index in [0.29, 0.717) is 5.56 Å². The molecule has 0 fully saturated rings. The van der Waals surface area contributed by atoms with E-state index < -0.39 is 0 Å². The lowest BCUT2D eigenvalue weighted by Crippen LogP contribution is -1.98. The molecule has 3 heteroatoms. The molecule has 0 aliphatic rings. The van der Waals surface area contributed by atoms with Crippen molar-refractivity contribution in [2.45, 2.75) is 0 Å². The van der Waals surface area contributed by atoms with E-state index in [4.69, 9.17) is 0 Å². The van der Waals surface area contributed by atoms with Crippen LogP contribution in [0.2, 0.25) is 0 Å². The van der Waals surface area contributed by atoms with Gasteiger partial charge in [-0.2, -0.15) is 5.26 Å². The van der Waals surface area contributed by atoms with Gasteiger partial charge >= 0.3 is 0 Å². The van der Waals surface area contributed by atoms with Crippen molar-refractivity contribution in [2.75, 3.05) is 0 Å². The molecule has 0 unspecified atom stereocenters. The van der Waals surface area contributed by atoms with Crippen molar-refractivity contribution in [3.05, 3.63) is 139 Å². The largest absolute Gasteiger partial charge is 0.309 e. The first-order valence-corrected chi connectivity index (χ1v) is 14.2. The smallest absolute Gasteiger partial charge is 0.0991 e. The molecule has 2 aromatic heterocycles. The third kappa shape index (κ3) is 3.41. The minimum absolute atomic E-state index is 0.650. The van der Waals surface area contributed by atoms with Crippen molar-refractivity contribution >= 4 is 53.3 Å². The summed E-state index contributed by atoms with van der Waals surface area (Å²) in [7, 11) is 0. The van der Waals surface area contributed by atoms with Gasteiger partial charge in [-0.25, -0.2) is 0 Å². The molecule has 186 valence electrons. The average Bonchev–Trinajstić information content (AvgIpc) is 3.57. The van der Waals surface area contributed by atoms with E-state index in [9.17, 15) is 5.26 Å². The van der Waals surface area contributed by atoms with Crippen LogP contribution in [-0.4, -0.2) is 4.57 Å². The Bertz CT molecular complexity index is 2280. The maximum absolute atomic E-state index is 9.84. The van der Waals surface area contributed by atoms with Gasteiger partial charge in [-0.1, -0.05) is 91.0 Å². The summed E-state index contributed by atoms with van der Waals surface area (Å²) in [5.74, 6) is 0. The highest BCUT2D eigenvalue weighted by Crippen LogP contribution is 2.44. The van der Waals surface area contributed by atoms with Crippen molar-refractivity contribution in [3.63, 3.8) is 0 Å². The third-order valence-corrected chi connectivity index (χ3v) is 9.03. The normalized spacial score (nSPS) is 11.5. The second-order valence-electron chi connectivity index (χ2n) is 10.1. The Morgan fingerprint density at radius 2 is 1.30 bits per heavy atom. The molecule has 40 heavy (non-hydrogen) atoms. The van der Waals surface area contributed by atoms with Gasteiger partial charge in [0.05, 0.1) is 28.4 Å². The molecule has 0 saturated carbocycles. The van der Waals surface area contributed by atoms with E-state index >= 15 is 0 Å². The minimum Gasteiger partial charge on any atom is -0.309 e. The Kier molecular flexibility index (Phi) is 5.10. The molecule has 8 rings (SSSR count). The number of nitrogens with zero attached hydrogens (tertiary/aromatic N) is 2. The van der Waals surface area contributed by atoms with Gasteiger partial charge in [-0.05, 0) is 59.2 Å². The molecule has 0 aliphatic carbocycles. The number of thiophene rings is 1. The van der Waals surface area contributed by atoms with Crippen LogP contribution in [0.3, 0.4) is 0 Å². The van der Waals surface area contributed by atoms with E-state index in [2.05, 4.69) is 126 Å². The standard InChI is InChI=1S/C37H22N2S/c38-23-24-17-19-33(31(21-24)27-12-8-11-26(22-27)25-9-2-1-3-10-25)39-32-15-6-4-14-30(32)36-34(39)20-18-29-28-13-5-7-16-35(28)40-37(29)36/h1-22H. The van der Waals surface area contributed by atoms with Gasteiger partial charge in [0.1, 0.15) is 0 Å². The van der Waals surface area contributed by atoms with Crippen LogP contribution in [-0.2, 0) is 0 Å². The number of para-hydroxylation sites is 1. The zero-order valence-electron chi connectivity index (χ0n) is 21.5. The van der Waals surface area contributed by atoms with Gasteiger partial charge in [0, 0.05) is 36.5 Å². The molecule has 2 nitrogen and oxygen atoms in total. The van der Waals surface area contributed by atoms with Crippen LogP contribution >= 0.6 is 11.3 Å². The molecule has 0 radical (unpaired) electrons. The molecule has 0 bridgehead atoms. The lowest BCUT2D eigenvalue weighted by molar-refractivity contribution is 1.18. The highest BCUT2D eigenvalue weighted by Gasteiger charge is 2.19. The van der Waals surface area contributed by atoms with Crippen molar-refractivity contribution in [2.24, 2.45) is 0 Å². The second kappa shape index (κ2) is 8.95.